The summed E-state index contributed by atoms with van der Waals surface area (Å²) in [6, 6.07) is 11.9. The van der Waals surface area contributed by atoms with Crippen molar-refractivity contribution in [2.45, 2.75) is 33.2 Å². The Bertz CT molecular complexity index is 352. The van der Waals surface area contributed by atoms with E-state index < -0.39 is 0 Å². The number of hydrogen-bond donors (Lipinski definition) is 0. The Morgan fingerprint density at radius 2 is 1.67 bits per heavy atom. The molecule has 0 heterocycles. The molecule has 0 saturated carbocycles. The summed E-state index contributed by atoms with van der Waals surface area (Å²) in [6.45, 7) is 7.51. The highest BCUT2D eigenvalue weighted by atomic mass is 28.2. The molecule has 1 aromatic carbocycles. The van der Waals surface area contributed by atoms with E-state index in [2.05, 4.69) is 37.3 Å². The fraction of sp³-hybridized carbons (Fsp3) is 0.467. The van der Waals surface area contributed by atoms with Crippen LogP contribution in [0.25, 0.3) is 0 Å². The first kappa shape index (κ1) is 14.8. The van der Waals surface area contributed by atoms with Gasteiger partial charge in [-0.05, 0) is 38.0 Å². The van der Waals surface area contributed by atoms with Crippen LogP contribution < -0.4 is 0 Å². The van der Waals surface area contributed by atoms with E-state index in [0.29, 0.717) is 13.2 Å². The molecule has 18 heavy (non-hydrogen) atoms. The highest BCUT2D eigenvalue weighted by molar-refractivity contribution is 6.45. The van der Waals surface area contributed by atoms with Crippen LogP contribution in [0.3, 0.4) is 0 Å². The molecule has 1 aromatic rings. The summed E-state index contributed by atoms with van der Waals surface area (Å²) >= 11 is 0. The molecule has 0 aliphatic rings. The molecule has 0 aromatic heterocycles. The average Bonchev–Trinajstić information content (AvgIpc) is 2.39. The van der Waals surface area contributed by atoms with Crippen molar-refractivity contribution >= 4 is 9.52 Å². The molecular formula is C15H24O2Si. The van der Waals surface area contributed by atoms with Gasteiger partial charge in [0.25, 0.3) is 5.95 Å². The molecule has 0 atom stereocenters. The van der Waals surface area contributed by atoms with Gasteiger partial charge in [0.2, 0.25) is 0 Å². The van der Waals surface area contributed by atoms with Gasteiger partial charge < -0.3 is 9.47 Å². The standard InChI is InChI=1S/C15H24O2Si/c1-4-16-15(17-5-2)13(3)18-12-11-14-9-7-6-8-10-14/h6-10H,4-5,11-12,18H2,1-3H3. The third-order valence-electron chi connectivity index (χ3n) is 2.76. The fourth-order valence-corrected chi connectivity index (χ4v) is 3.38. The maximum absolute atomic E-state index is 5.54. The summed E-state index contributed by atoms with van der Waals surface area (Å²) in [6.07, 6.45) is 1.16. The Morgan fingerprint density at radius 3 is 2.22 bits per heavy atom. The van der Waals surface area contributed by atoms with Crippen LogP contribution in [0.5, 0.6) is 0 Å². The van der Waals surface area contributed by atoms with Gasteiger partial charge >= 0.3 is 0 Å². The third-order valence-corrected chi connectivity index (χ3v) is 4.51. The van der Waals surface area contributed by atoms with E-state index >= 15 is 0 Å². The average molecular weight is 264 g/mol. The zero-order valence-corrected chi connectivity index (χ0v) is 13.2. The van der Waals surface area contributed by atoms with Crippen molar-refractivity contribution in [3.05, 3.63) is 47.0 Å². The summed E-state index contributed by atoms with van der Waals surface area (Å²) in [5, 5.41) is 1.34. The van der Waals surface area contributed by atoms with Crippen molar-refractivity contribution in [2.75, 3.05) is 13.2 Å². The summed E-state index contributed by atoms with van der Waals surface area (Å²) in [5.74, 6) is 0.778. The van der Waals surface area contributed by atoms with Crippen molar-refractivity contribution in [3.63, 3.8) is 0 Å². The van der Waals surface area contributed by atoms with Gasteiger partial charge in [-0.2, -0.15) is 0 Å². The second-order valence-corrected chi connectivity index (χ2v) is 6.54. The van der Waals surface area contributed by atoms with E-state index in [1.165, 1.54) is 16.8 Å². The third kappa shape index (κ3) is 5.41. The minimum Gasteiger partial charge on any atom is -0.466 e. The van der Waals surface area contributed by atoms with Gasteiger partial charge in [-0.1, -0.05) is 36.4 Å². The summed E-state index contributed by atoms with van der Waals surface area (Å²) in [5.41, 5.74) is 1.42. The van der Waals surface area contributed by atoms with Gasteiger partial charge in [-0.15, -0.1) is 0 Å². The van der Waals surface area contributed by atoms with E-state index in [-0.39, 0.29) is 9.52 Å². The van der Waals surface area contributed by atoms with Crippen molar-refractivity contribution in [2.24, 2.45) is 0 Å². The smallest absolute Gasteiger partial charge is 0.273 e. The molecule has 0 aliphatic carbocycles. The molecule has 3 heteroatoms. The van der Waals surface area contributed by atoms with Crippen LogP contribution in [0.4, 0.5) is 0 Å². The van der Waals surface area contributed by atoms with Gasteiger partial charge in [0.05, 0.1) is 22.7 Å². The molecule has 0 radical (unpaired) electrons. The van der Waals surface area contributed by atoms with Gasteiger partial charge in [0, 0.05) is 0 Å². The molecular weight excluding hydrogens is 240 g/mol. The fourth-order valence-electron chi connectivity index (χ4n) is 1.85. The largest absolute Gasteiger partial charge is 0.466 e. The zero-order valence-electron chi connectivity index (χ0n) is 11.7. The van der Waals surface area contributed by atoms with E-state index in [0.717, 1.165) is 12.4 Å². The molecule has 0 fully saturated rings. The number of benzene rings is 1. The SMILES string of the molecule is CCOC(OCC)=C(C)[SiH2]CCc1ccccc1. The predicted octanol–water partition coefficient (Wildman–Crippen LogP) is 3.08. The van der Waals surface area contributed by atoms with Crippen LogP contribution >= 0.6 is 0 Å². The summed E-state index contributed by atoms with van der Waals surface area (Å²) in [7, 11) is -0.267. The van der Waals surface area contributed by atoms with Crippen LogP contribution in [0, 0.1) is 0 Å². The van der Waals surface area contributed by atoms with Crippen LogP contribution in [0.2, 0.25) is 6.04 Å². The minimum absolute atomic E-state index is 0.267. The number of allylic oxidation sites excluding steroid dienone is 1. The molecule has 100 valence electrons. The normalized spacial score (nSPS) is 10.6. The molecule has 0 bridgehead atoms. The zero-order chi connectivity index (χ0) is 13.2. The van der Waals surface area contributed by atoms with Gasteiger partial charge in [-0.25, -0.2) is 0 Å². The summed E-state index contributed by atoms with van der Waals surface area (Å²) in [4.78, 5) is 0. The van der Waals surface area contributed by atoms with Crippen molar-refractivity contribution in [1.82, 2.24) is 0 Å². The van der Waals surface area contributed by atoms with E-state index in [1.807, 2.05) is 13.8 Å². The second-order valence-electron chi connectivity index (χ2n) is 4.27. The second kappa shape index (κ2) is 8.81. The number of aryl methyl sites for hydroxylation is 1. The molecule has 0 N–H and O–H groups in total. The van der Waals surface area contributed by atoms with Crippen molar-refractivity contribution in [3.8, 4) is 0 Å². The Balaban J connectivity index is 2.43. The highest BCUT2D eigenvalue weighted by Crippen LogP contribution is 2.10. The molecule has 0 amide bonds. The first-order valence-electron chi connectivity index (χ1n) is 6.77. The van der Waals surface area contributed by atoms with E-state index in [9.17, 15) is 0 Å². The lowest BCUT2D eigenvalue weighted by molar-refractivity contribution is 0.0447. The predicted molar refractivity (Wildman–Crippen MR) is 79.4 cm³/mol. The minimum atomic E-state index is -0.267. The molecule has 0 unspecified atom stereocenters. The topological polar surface area (TPSA) is 18.5 Å². The lowest BCUT2D eigenvalue weighted by Crippen LogP contribution is -2.06. The van der Waals surface area contributed by atoms with Crippen LogP contribution in [-0.4, -0.2) is 22.7 Å². The number of hydrogen-bond acceptors (Lipinski definition) is 2. The van der Waals surface area contributed by atoms with Crippen molar-refractivity contribution < 1.29 is 9.47 Å². The van der Waals surface area contributed by atoms with Crippen LogP contribution in [0.15, 0.2) is 41.5 Å². The molecule has 2 nitrogen and oxygen atoms in total. The quantitative estimate of drug-likeness (QED) is 0.531. The Kier molecular flexibility index (Phi) is 7.26. The molecule has 0 spiro atoms. The van der Waals surface area contributed by atoms with Gasteiger partial charge in [0.1, 0.15) is 0 Å². The first-order valence-corrected chi connectivity index (χ1v) is 8.47. The van der Waals surface area contributed by atoms with Gasteiger partial charge in [0.15, 0.2) is 0 Å². The lowest BCUT2D eigenvalue weighted by Gasteiger charge is -2.12. The molecule has 0 aliphatic heterocycles. The highest BCUT2D eigenvalue weighted by Gasteiger charge is 2.05. The van der Waals surface area contributed by atoms with Crippen LogP contribution in [-0.2, 0) is 15.9 Å². The van der Waals surface area contributed by atoms with Gasteiger partial charge in [-0.3, -0.25) is 0 Å². The first-order chi connectivity index (χ1) is 8.77. The van der Waals surface area contributed by atoms with E-state index in [4.69, 9.17) is 9.47 Å². The Hall–Kier alpha value is -1.22. The maximum Gasteiger partial charge on any atom is 0.273 e. The lowest BCUT2D eigenvalue weighted by atomic mass is 10.2. The Morgan fingerprint density at radius 1 is 1.06 bits per heavy atom. The Labute approximate surface area is 113 Å². The van der Waals surface area contributed by atoms with Crippen LogP contribution in [0.1, 0.15) is 26.3 Å². The number of rotatable bonds is 8. The molecule has 1 rings (SSSR count). The van der Waals surface area contributed by atoms with Crippen molar-refractivity contribution in [1.29, 1.82) is 0 Å². The number of ether oxygens (including phenoxy) is 2. The monoisotopic (exact) mass is 264 g/mol. The van der Waals surface area contributed by atoms with E-state index in [1.54, 1.807) is 0 Å². The summed E-state index contributed by atoms with van der Waals surface area (Å²) < 4.78 is 11.1. The molecule has 0 saturated heterocycles. The maximum atomic E-state index is 5.54.